The van der Waals surface area contributed by atoms with Crippen molar-refractivity contribution >= 4 is 11.8 Å². The Hall–Kier alpha value is -3.15. The highest BCUT2D eigenvalue weighted by Gasteiger charge is 2.33. The van der Waals surface area contributed by atoms with Crippen molar-refractivity contribution in [2.45, 2.75) is 52.2 Å². The lowest BCUT2D eigenvalue weighted by molar-refractivity contribution is -0.134. The second-order valence-electron chi connectivity index (χ2n) is 8.80. The third-order valence-electron chi connectivity index (χ3n) is 5.78. The molecular weight excluding hydrogens is 419 g/mol. The van der Waals surface area contributed by atoms with Gasteiger partial charge in [0.25, 0.3) is 5.91 Å². The van der Waals surface area contributed by atoms with Crippen LogP contribution in [0, 0.1) is 11.7 Å². The number of hydrogen-bond acceptors (Lipinski definition) is 3. The van der Waals surface area contributed by atoms with Gasteiger partial charge in [0.1, 0.15) is 11.6 Å². The minimum atomic E-state index is -0.641. The Balaban J connectivity index is 1.98. The third-order valence-corrected chi connectivity index (χ3v) is 5.78. The van der Waals surface area contributed by atoms with Crippen LogP contribution in [0.3, 0.4) is 0 Å². The number of nitrogens with one attached hydrogen (secondary N) is 1. The largest absolute Gasteiger partial charge is 0.481 e. The van der Waals surface area contributed by atoms with E-state index in [0.717, 1.165) is 16.7 Å². The van der Waals surface area contributed by atoms with Gasteiger partial charge in [-0.05, 0) is 59.7 Å². The number of nitrogens with zero attached hydrogens (tertiary/aromatic N) is 1. The van der Waals surface area contributed by atoms with Gasteiger partial charge >= 0.3 is 0 Å². The third kappa shape index (κ3) is 6.01. The molecule has 33 heavy (non-hydrogen) atoms. The second kappa shape index (κ2) is 11.1. The van der Waals surface area contributed by atoms with Gasteiger partial charge in [0.2, 0.25) is 5.91 Å². The highest BCUT2D eigenvalue weighted by molar-refractivity contribution is 5.81. The van der Waals surface area contributed by atoms with E-state index in [1.54, 1.807) is 12.1 Å². The number of amides is 2. The number of carbonyl (C=O) groups is 2. The number of hydrogen-bond donors (Lipinski definition) is 1. The zero-order chi connectivity index (χ0) is 24.0. The van der Waals surface area contributed by atoms with E-state index < -0.39 is 12.1 Å². The van der Waals surface area contributed by atoms with Crippen LogP contribution >= 0.6 is 0 Å². The summed E-state index contributed by atoms with van der Waals surface area (Å²) >= 11 is 0. The van der Waals surface area contributed by atoms with E-state index in [1.807, 2.05) is 49.9 Å². The molecule has 6 heteroatoms. The number of benzene rings is 2. The molecule has 0 aromatic heterocycles. The van der Waals surface area contributed by atoms with Gasteiger partial charge in [-0.15, -0.1) is 6.58 Å². The molecule has 1 aliphatic heterocycles. The predicted molar refractivity (Wildman–Crippen MR) is 127 cm³/mol. The van der Waals surface area contributed by atoms with Crippen molar-refractivity contribution in [1.29, 1.82) is 0 Å². The van der Waals surface area contributed by atoms with Crippen molar-refractivity contribution in [2.75, 3.05) is 13.1 Å². The van der Waals surface area contributed by atoms with Crippen molar-refractivity contribution in [1.82, 2.24) is 10.2 Å². The number of fused-ring (bicyclic) bond motifs is 1. The van der Waals surface area contributed by atoms with Crippen LogP contribution in [-0.4, -0.2) is 35.9 Å². The van der Waals surface area contributed by atoms with Crippen molar-refractivity contribution in [2.24, 2.45) is 5.92 Å². The summed E-state index contributed by atoms with van der Waals surface area (Å²) in [6.07, 6.45) is 2.63. The molecule has 2 aromatic rings. The summed E-state index contributed by atoms with van der Waals surface area (Å²) in [5.41, 5.74) is 2.72. The fourth-order valence-corrected chi connectivity index (χ4v) is 4.21. The summed E-state index contributed by atoms with van der Waals surface area (Å²) in [6.45, 7) is 10.5. The molecule has 2 aromatic carbocycles. The van der Waals surface area contributed by atoms with Crippen LogP contribution in [0.1, 0.15) is 56.3 Å². The topological polar surface area (TPSA) is 58.6 Å². The Labute approximate surface area is 195 Å². The van der Waals surface area contributed by atoms with E-state index in [0.29, 0.717) is 38.1 Å². The van der Waals surface area contributed by atoms with E-state index in [2.05, 4.69) is 11.9 Å². The Morgan fingerprint density at radius 2 is 2.06 bits per heavy atom. The lowest BCUT2D eigenvalue weighted by atomic mass is 9.87. The van der Waals surface area contributed by atoms with E-state index in [-0.39, 0.29) is 23.5 Å². The van der Waals surface area contributed by atoms with Gasteiger partial charge in [0, 0.05) is 19.5 Å². The van der Waals surface area contributed by atoms with E-state index in [1.165, 1.54) is 12.1 Å². The van der Waals surface area contributed by atoms with Crippen molar-refractivity contribution in [3.8, 4) is 5.75 Å². The molecule has 176 valence electrons. The van der Waals surface area contributed by atoms with Crippen LogP contribution in [0.5, 0.6) is 5.75 Å². The minimum Gasteiger partial charge on any atom is -0.481 e. The van der Waals surface area contributed by atoms with Crippen LogP contribution < -0.4 is 10.1 Å². The van der Waals surface area contributed by atoms with Crippen LogP contribution in [0.15, 0.2) is 55.1 Å². The Morgan fingerprint density at radius 3 is 2.73 bits per heavy atom. The second-order valence-corrected chi connectivity index (χ2v) is 8.80. The molecule has 0 spiro atoms. The molecule has 0 bridgehead atoms. The number of halogens is 1. The molecule has 0 radical (unpaired) electrons. The summed E-state index contributed by atoms with van der Waals surface area (Å²) in [7, 11) is 0. The minimum absolute atomic E-state index is 0.0477. The fourth-order valence-electron chi connectivity index (χ4n) is 4.21. The van der Waals surface area contributed by atoms with Gasteiger partial charge in [-0.2, -0.15) is 0 Å². The monoisotopic (exact) mass is 452 g/mol. The summed E-state index contributed by atoms with van der Waals surface area (Å²) in [4.78, 5) is 27.4. The van der Waals surface area contributed by atoms with Crippen LogP contribution in [0.4, 0.5) is 4.39 Å². The zero-order valence-corrected chi connectivity index (χ0v) is 19.6. The standard InChI is InChI=1S/C27H33FN2O3/c1-5-13-29-27(32)24(6-2)33-22-11-10-19-12-14-30(25(31)15-18(3)4)26(23(19)17-22)20-8-7-9-21(28)16-20/h5,7-11,16-18,24,26H,1,6,12-15H2,2-4H3,(H,29,32)/t24-,26+/m0/s1. The van der Waals surface area contributed by atoms with Crippen molar-refractivity contribution in [3.63, 3.8) is 0 Å². The summed E-state index contributed by atoms with van der Waals surface area (Å²) in [5, 5.41) is 2.77. The van der Waals surface area contributed by atoms with Crippen LogP contribution in [-0.2, 0) is 16.0 Å². The Bertz CT molecular complexity index is 1000. The first-order valence-corrected chi connectivity index (χ1v) is 11.6. The molecule has 0 saturated heterocycles. The zero-order valence-electron chi connectivity index (χ0n) is 19.6. The number of ether oxygens (including phenoxy) is 1. The summed E-state index contributed by atoms with van der Waals surface area (Å²) < 4.78 is 20.2. The molecule has 0 aliphatic carbocycles. The predicted octanol–water partition coefficient (Wildman–Crippen LogP) is 4.81. The van der Waals surface area contributed by atoms with Gasteiger partial charge < -0.3 is 15.0 Å². The summed E-state index contributed by atoms with van der Waals surface area (Å²) in [6, 6.07) is 11.7. The molecule has 2 amide bonds. The molecule has 3 rings (SSSR count). The van der Waals surface area contributed by atoms with Crippen LogP contribution in [0.25, 0.3) is 0 Å². The molecule has 0 saturated carbocycles. The van der Waals surface area contributed by atoms with E-state index in [4.69, 9.17) is 4.74 Å². The van der Waals surface area contributed by atoms with Crippen molar-refractivity contribution < 1.29 is 18.7 Å². The van der Waals surface area contributed by atoms with Crippen molar-refractivity contribution in [3.05, 3.63) is 77.6 Å². The lowest BCUT2D eigenvalue weighted by Gasteiger charge is -2.38. The Morgan fingerprint density at radius 1 is 1.27 bits per heavy atom. The maximum atomic E-state index is 14.1. The number of carbonyl (C=O) groups excluding carboxylic acids is 2. The van der Waals surface area contributed by atoms with Gasteiger partial charge in [-0.3, -0.25) is 9.59 Å². The van der Waals surface area contributed by atoms with Gasteiger partial charge in [0.05, 0.1) is 6.04 Å². The highest BCUT2D eigenvalue weighted by Crippen LogP contribution is 2.38. The molecule has 1 aliphatic rings. The van der Waals surface area contributed by atoms with Crippen LogP contribution in [0.2, 0.25) is 0 Å². The van der Waals surface area contributed by atoms with E-state index >= 15 is 0 Å². The molecule has 5 nitrogen and oxygen atoms in total. The average Bonchev–Trinajstić information content (AvgIpc) is 2.79. The molecular formula is C27H33FN2O3. The molecule has 1 heterocycles. The van der Waals surface area contributed by atoms with Gasteiger partial charge in [-0.25, -0.2) is 4.39 Å². The maximum Gasteiger partial charge on any atom is 0.261 e. The molecule has 1 N–H and O–H groups in total. The normalized spacial score (nSPS) is 16.2. The summed E-state index contributed by atoms with van der Waals surface area (Å²) in [5.74, 6) is 0.278. The molecule has 0 unspecified atom stereocenters. The lowest BCUT2D eigenvalue weighted by Crippen LogP contribution is -2.41. The molecule has 0 fully saturated rings. The number of rotatable bonds is 9. The first-order chi connectivity index (χ1) is 15.8. The quantitative estimate of drug-likeness (QED) is 0.556. The average molecular weight is 453 g/mol. The smallest absolute Gasteiger partial charge is 0.261 e. The Kier molecular flexibility index (Phi) is 8.26. The van der Waals surface area contributed by atoms with Gasteiger partial charge in [0.15, 0.2) is 6.10 Å². The van der Waals surface area contributed by atoms with Gasteiger partial charge in [-0.1, -0.05) is 45.0 Å². The molecule has 2 atom stereocenters. The SMILES string of the molecule is C=CCNC(=O)[C@H](CC)Oc1ccc2c(c1)[C@@H](c1cccc(F)c1)N(C(=O)CC(C)C)CC2. The highest BCUT2D eigenvalue weighted by atomic mass is 19.1. The van der Waals surface area contributed by atoms with E-state index in [9.17, 15) is 14.0 Å². The first kappa shape index (κ1) is 24.5. The first-order valence-electron chi connectivity index (χ1n) is 11.6. The fraction of sp³-hybridized carbons (Fsp3) is 0.407. The maximum absolute atomic E-state index is 14.1.